The molecule has 2 heterocycles. The Bertz CT molecular complexity index is 280. The number of halogens is 1. The molecule has 0 bridgehead atoms. The number of aliphatic hydroxyl groups is 3. The summed E-state index contributed by atoms with van der Waals surface area (Å²) < 4.78 is 22.8. The summed E-state index contributed by atoms with van der Waals surface area (Å²) in [5, 5.41) is 29.2. The second-order valence-corrected chi connectivity index (χ2v) is 7.06. The molecule has 0 aromatic carbocycles. The summed E-state index contributed by atoms with van der Waals surface area (Å²) in [5.41, 5.74) is 0. The third-order valence-corrected chi connectivity index (χ3v) is 5.45. The van der Waals surface area contributed by atoms with Crippen LogP contribution in [-0.2, 0) is 18.9 Å². The van der Waals surface area contributed by atoms with Gasteiger partial charge >= 0.3 is 122 Å². The standard InChI is InChI=1S/C11H20IO7/c1-16-9-2-6(14)10(8(4-13)18-9)19-11-7(15)3-12-5-17-11/h6-11,13-15H,2-5H2,1H3/q-1/t6-,7-,8-,9+,10+,11-/m1/s1. The number of rotatable bonds is 4. The second kappa shape index (κ2) is 7.46. The van der Waals surface area contributed by atoms with E-state index in [9.17, 15) is 15.3 Å². The number of aliphatic hydroxyl groups excluding tert-OH is 3. The first-order valence-electron chi connectivity index (χ1n) is 6.11. The van der Waals surface area contributed by atoms with Crippen molar-refractivity contribution in [3.8, 4) is 0 Å². The van der Waals surface area contributed by atoms with Crippen LogP contribution in [0.4, 0.5) is 0 Å². The van der Waals surface area contributed by atoms with Gasteiger partial charge in [0.15, 0.2) is 0 Å². The van der Waals surface area contributed by atoms with Gasteiger partial charge in [-0.15, -0.1) is 0 Å². The molecule has 6 atom stereocenters. The van der Waals surface area contributed by atoms with Gasteiger partial charge in [0.25, 0.3) is 0 Å². The summed E-state index contributed by atoms with van der Waals surface area (Å²) in [4.78, 5) is 0. The van der Waals surface area contributed by atoms with Crippen molar-refractivity contribution in [2.45, 2.75) is 43.4 Å². The Labute approximate surface area is 122 Å². The quantitative estimate of drug-likeness (QED) is 0.327. The summed E-state index contributed by atoms with van der Waals surface area (Å²) in [5.74, 6) is 0. The van der Waals surface area contributed by atoms with E-state index in [0.717, 1.165) is 0 Å². The van der Waals surface area contributed by atoms with Gasteiger partial charge in [0.2, 0.25) is 0 Å². The average molecular weight is 391 g/mol. The number of ether oxygens (including phenoxy) is 4. The number of alkyl halides is 2. The van der Waals surface area contributed by atoms with Crippen LogP contribution in [0.25, 0.3) is 0 Å². The van der Waals surface area contributed by atoms with E-state index in [4.69, 9.17) is 18.9 Å². The zero-order valence-electron chi connectivity index (χ0n) is 10.6. The number of hydrogen-bond donors (Lipinski definition) is 3. The van der Waals surface area contributed by atoms with Crippen LogP contribution in [0, 0.1) is 0 Å². The van der Waals surface area contributed by atoms with E-state index in [0.29, 0.717) is 9.04 Å². The maximum absolute atomic E-state index is 10.1. The summed E-state index contributed by atoms with van der Waals surface area (Å²) >= 11 is -0.129. The molecule has 0 aromatic heterocycles. The second-order valence-electron chi connectivity index (χ2n) is 4.48. The van der Waals surface area contributed by atoms with E-state index >= 15 is 0 Å². The predicted octanol–water partition coefficient (Wildman–Crippen LogP) is -4.75. The molecular formula is C11H20IO7-. The first-order valence-corrected chi connectivity index (χ1v) is 9.16. The first kappa shape index (κ1) is 15.8. The van der Waals surface area contributed by atoms with Gasteiger partial charge in [-0.05, 0) is 0 Å². The van der Waals surface area contributed by atoms with Crippen LogP contribution < -0.4 is 21.2 Å². The van der Waals surface area contributed by atoms with Crippen molar-refractivity contribution < 1.29 is 55.5 Å². The Morgan fingerprint density at radius 2 is 2.11 bits per heavy atom. The summed E-state index contributed by atoms with van der Waals surface area (Å²) in [6.45, 7) is -0.294. The molecule has 0 aliphatic carbocycles. The minimum atomic E-state index is -0.830. The molecule has 0 spiro atoms. The molecule has 2 fully saturated rings. The Hall–Kier alpha value is 0.450. The fourth-order valence-corrected chi connectivity index (χ4v) is 4.03. The van der Waals surface area contributed by atoms with Crippen molar-refractivity contribution in [3.05, 3.63) is 0 Å². The molecule has 3 N–H and O–H groups in total. The number of hydrogen-bond acceptors (Lipinski definition) is 7. The fraction of sp³-hybridized carbons (Fsp3) is 1.00. The molecule has 2 aliphatic heterocycles. The third kappa shape index (κ3) is 3.97. The van der Waals surface area contributed by atoms with Crippen molar-refractivity contribution in [3.63, 3.8) is 0 Å². The van der Waals surface area contributed by atoms with Crippen molar-refractivity contribution in [1.29, 1.82) is 0 Å². The van der Waals surface area contributed by atoms with Crippen LogP contribution in [0.1, 0.15) is 6.42 Å². The molecule has 114 valence electrons. The van der Waals surface area contributed by atoms with Crippen molar-refractivity contribution >= 4 is 0 Å². The van der Waals surface area contributed by atoms with Crippen molar-refractivity contribution in [2.24, 2.45) is 0 Å². The van der Waals surface area contributed by atoms with Crippen molar-refractivity contribution in [1.82, 2.24) is 0 Å². The molecule has 0 aromatic rings. The van der Waals surface area contributed by atoms with Gasteiger partial charge in [-0.1, -0.05) is 0 Å². The van der Waals surface area contributed by atoms with Crippen LogP contribution in [0.15, 0.2) is 0 Å². The fourth-order valence-electron chi connectivity index (χ4n) is 2.12. The molecule has 2 rings (SSSR count). The summed E-state index contributed by atoms with van der Waals surface area (Å²) in [6.07, 6.45) is -3.99. The van der Waals surface area contributed by atoms with E-state index in [2.05, 4.69) is 0 Å². The van der Waals surface area contributed by atoms with Gasteiger partial charge in [-0.25, -0.2) is 0 Å². The molecule has 19 heavy (non-hydrogen) atoms. The Morgan fingerprint density at radius 3 is 2.74 bits per heavy atom. The van der Waals surface area contributed by atoms with Gasteiger partial charge in [0.1, 0.15) is 0 Å². The van der Waals surface area contributed by atoms with Crippen LogP contribution in [0.3, 0.4) is 0 Å². The number of methoxy groups -OCH3 is 1. The molecule has 0 saturated carbocycles. The van der Waals surface area contributed by atoms with Gasteiger partial charge in [-0.2, -0.15) is 0 Å². The topological polar surface area (TPSA) is 97.6 Å². The molecule has 0 unspecified atom stereocenters. The average Bonchev–Trinajstić information content (AvgIpc) is 2.42. The van der Waals surface area contributed by atoms with E-state index < -0.39 is 37.0 Å². The molecule has 8 heteroatoms. The summed E-state index contributed by atoms with van der Waals surface area (Å²) in [7, 11) is 1.48. The van der Waals surface area contributed by atoms with E-state index in [1.54, 1.807) is 0 Å². The molecule has 0 amide bonds. The maximum atomic E-state index is 10.1. The third-order valence-electron chi connectivity index (χ3n) is 3.13. The predicted molar refractivity (Wildman–Crippen MR) is 58.9 cm³/mol. The van der Waals surface area contributed by atoms with Gasteiger partial charge < -0.3 is 0 Å². The van der Waals surface area contributed by atoms with E-state index in [-0.39, 0.29) is 34.2 Å². The summed E-state index contributed by atoms with van der Waals surface area (Å²) in [6, 6.07) is 0. The van der Waals surface area contributed by atoms with Crippen LogP contribution in [0.2, 0.25) is 0 Å². The van der Waals surface area contributed by atoms with E-state index in [1.165, 1.54) is 7.11 Å². The first-order chi connectivity index (χ1) is 9.15. The Kier molecular flexibility index (Phi) is 6.21. The van der Waals surface area contributed by atoms with Crippen LogP contribution in [0.5, 0.6) is 0 Å². The molecule has 2 saturated heterocycles. The molecular weight excluding hydrogens is 371 g/mol. The van der Waals surface area contributed by atoms with Crippen LogP contribution in [-0.4, -0.2) is 75.1 Å². The SMILES string of the molecule is CO[C@@H]1C[C@@H](O)[C@H](O[C@H]2OC[I-]C[C@H]2O)[C@@H](CO)O1. The molecule has 7 nitrogen and oxygen atoms in total. The van der Waals surface area contributed by atoms with Gasteiger partial charge in [0.05, 0.1) is 0 Å². The molecule has 2 aliphatic rings. The zero-order valence-corrected chi connectivity index (χ0v) is 12.8. The molecule has 0 radical (unpaired) electrons. The van der Waals surface area contributed by atoms with E-state index in [1.807, 2.05) is 0 Å². The Morgan fingerprint density at radius 1 is 1.32 bits per heavy atom. The zero-order chi connectivity index (χ0) is 13.8. The minimum absolute atomic E-state index is 0.129. The normalized spacial score (nSPS) is 44.6. The van der Waals surface area contributed by atoms with Gasteiger partial charge in [-0.3, -0.25) is 0 Å². The van der Waals surface area contributed by atoms with Crippen LogP contribution >= 0.6 is 0 Å². The van der Waals surface area contributed by atoms with Gasteiger partial charge in [0, 0.05) is 0 Å². The Balaban J connectivity index is 1.96. The van der Waals surface area contributed by atoms with Crippen molar-refractivity contribution in [2.75, 3.05) is 22.8 Å². The monoisotopic (exact) mass is 391 g/mol.